The highest BCUT2D eigenvalue weighted by atomic mass is 79.9. The molecule has 1 spiro atoms. The minimum Gasteiger partial charge on any atom is -0.465 e. The van der Waals surface area contributed by atoms with E-state index in [1.165, 1.54) is 0 Å². The number of aliphatic hydroxyl groups is 1. The van der Waals surface area contributed by atoms with Gasteiger partial charge in [-0.25, -0.2) is 0 Å². The summed E-state index contributed by atoms with van der Waals surface area (Å²) in [6.45, 7) is 8.34. The number of rotatable bonds is 13. The number of para-hydroxylation sites is 1. The molecule has 206 valence electrons. The Morgan fingerprint density at radius 1 is 1.26 bits per heavy atom. The zero-order valence-corrected chi connectivity index (χ0v) is 24.4. The van der Waals surface area contributed by atoms with Crippen LogP contribution in [0, 0.1) is 11.8 Å². The first-order chi connectivity index (χ1) is 18.3. The lowest BCUT2D eigenvalue weighted by Gasteiger charge is -2.38. The number of hydrogen-bond acceptors (Lipinski definition) is 6. The number of anilines is 1. The second-order valence-electron chi connectivity index (χ2n) is 9.91. The number of likely N-dealkylation sites (tertiary alicyclic amines) is 1. The molecule has 38 heavy (non-hydrogen) atoms. The minimum atomic E-state index is -0.788. The fraction of sp³-hybridized carbons (Fsp3) is 0.536. The van der Waals surface area contributed by atoms with Gasteiger partial charge in [-0.1, -0.05) is 51.8 Å². The quantitative estimate of drug-likeness (QED) is 0.149. The number of carbonyl (C=O) groups is 3. The molecule has 0 aromatic heterocycles. The van der Waals surface area contributed by atoms with Crippen molar-refractivity contribution < 1.29 is 24.2 Å². The van der Waals surface area contributed by atoms with Crippen molar-refractivity contribution in [3.05, 3.63) is 54.6 Å². The van der Waals surface area contributed by atoms with Crippen LogP contribution in [-0.4, -0.2) is 75.0 Å². The smallest absolute Gasteiger partial charge is 0.310 e. The van der Waals surface area contributed by atoms with Crippen LogP contribution in [0.4, 0.5) is 5.69 Å². The van der Waals surface area contributed by atoms with Crippen molar-refractivity contribution in [3.63, 3.8) is 0 Å². The van der Waals surface area contributed by atoms with E-state index in [0.29, 0.717) is 42.9 Å². The molecule has 3 unspecified atom stereocenters. The Balaban J connectivity index is 1.72. The zero-order chi connectivity index (χ0) is 27.4. The van der Waals surface area contributed by atoms with Crippen LogP contribution in [0.5, 0.6) is 0 Å². The van der Waals surface area contributed by atoms with Crippen LogP contribution in [0.3, 0.4) is 0 Å². The molecule has 1 aromatic carbocycles. The molecule has 3 heterocycles. The number of fused-ring (bicyclic) bond motifs is 1. The van der Waals surface area contributed by atoms with Crippen LogP contribution < -0.4 is 4.90 Å². The molecule has 6 atom stereocenters. The maximum Gasteiger partial charge on any atom is 0.310 e. The monoisotopic (exact) mass is 624 g/mol. The highest BCUT2D eigenvalue weighted by Crippen LogP contribution is 2.68. The number of aliphatic hydroxyl groups excluding tert-OH is 1. The summed E-state index contributed by atoms with van der Waals surface area (Å²) in [6, 6.07) is 6.33. The Kier molecular flexibility index (Phi) is 9.66. The molecule has 0 radical (unpaired) electrons. The Bertz CT molecular complexity index is 1090. The summed E-state index contributed by atoms with van der Waals surface area (Å²) in [5, 5.41) is 9.63. The second kappa shape index (κ2) is 12.6. The highest BCUT2D eigenvalue weighted by molar-refractivity contribution is 9.09. The molecule has 10 heteroatoms. The third-order valence-corrected chi connectivity index (χ3v) is 11.2. The van der Waals surface area contributed by atoms with E-state index in [9.17, 15) is 19.5 Å². The number of thioether (sulfide) groups is 1. The van der Waals surface area contributed by atoms with Crippen LogP contribution in [0.25, 0.3) is 0 Å². The summed E-state index contributed by atoms with van der Waals surface area (Å²) in [5.41, 5.74) is 0.549. The van der Waals surface area contributed by atoms with E-state index >= 15 is 0 Å². The molecule has 7 nitrogen and oxygen atoms in total. The fourth-order valence-electron chi connectivity index (χ4n) is 6.06. The van der Waals surface area contributed by atoms with Gasteiger partial charge in [0.05, 0.1) is 33.9 Å². The van der Waals surface area contributed by atoms with Gasteiger partial charge in [-0.05, 0) is 44.2 Å². The number of nitrogens with zero attached hydrogens (tertiary/aromatic N) is 2. The maximum atomic E-state index is 14.5. The molecule has 0 saturated carbocycles. The molecule has 4 rings (SSSR count). The van der Waals surface area contributed by atoms with Crippen LogP contribution >= 0.6 is 39.3 Å². The molecule has 0 aliphatic carbocycles. The summed E-state index contributed by atoms with van der Waals surface area (Å²) in [5.74, 6) is -2.11. The SMILES string of the molecule is C=CCCCOC(=O)[C@H]1[C@@H]2SC3(CC2Br)C(C(=O)N(CC=C)c2ccccc2Cl)N(CCCCO)C(=O)[C@H]13. The van der Waals surface area contributed by atoms with Gasteiger partial charge in [0.25, 0.3) is 5.91 Å². The van der Waals surface area contributed by atoms with Gasteiger partial charge in [-0.2, -0.15) is 0 Å². The third kappa shape index (κ3) is 5.19. The molecule has 3 aliphatic heterocycles. The summed E-state index contributed by atoms with van der Waals surface area (Å²) in [7, 11) is 0. The van der Waals surface area contributed by atoms with Crippen molar-refractivity contribution in [2.45, 2.75) is 53.0 Å². The summed E-state index contributed by atoms with van der Waals surface area (Å²) in [4.78, 5) is 45.1. The molecule has 3 fully saturated rings. The molecule has 1 aromatic rings. The first kappa shape index (κ1) is 29.2. The lowest BCUT2D eigenvalue weighted by molar-refractivity contribution is -0.154. The van der Waals surface area contributed by atoms with Crippen molar-refractivity contribution in [2.75, 3.05) is 31.2 Å². The molecule has 2 bridgehead atoms. The summed E-state index contributed by atoms with van der Waals surface area (Å²) < 4.78 is 4.85. The van der Waals surface area contributed by atoms with Gasteiger partial charge in [0.2, 0.25) is 5.91 Å². The summed E-state index contributed by atoms with van der Waals surface area (Å²) in [6.07, 6.45) is 6.46. The first-order valence-corrected chi connectivity index (χ1v) is 15.2. The number of allylic oxidation sites excluding steroid dienone is 1. The third-order valence-electron chi connectivity index (χ3n) is 7.62. The average Bonchev–Trinajstić information content (AvgIpc) is 3.49. The Morgan fingerprint density at radius 3 is 2.71 bits per heavy atom. The molecular formula is C28H34BrClN2O5S. The molecule has 3 aliphatic rings. The Labute approximate surface area is 241 Å². The van der Waals surface area contributed by atoms with Crippen LogP contribution in [-0.2, 0) is 19.1 Å². The highest BCUT2D eigenvalue weighted by Gasteiger charge is 2.76. The van der Waals surface area contributed by atoms with E-state index in [4.69, 9.17) is 16.3 Å². The van der Waals surface area contributed by atoms with E-state index in [2.05, 4.69) is 29.1 Å². The predicted octanol–water partition coefficient (Wildman–Crippen LogP) is 4.61. The zero-order valence-electron chi connectivity index (χ0n) is 21.3. The molecule has 1 N–H and O–H groups in total. The number of unbranched alkanes of at least 4 members (excludes halogenated alkanes) is 2. The van der Waals surface area contributed by atoms with E-state index in [1.54, 1.807) is 51.9 Å². The van der Waals surface area contributed by atoms with Gasteiger partial charge >= 0.3 is 5.97 Å². The fourth-order valence-corrected chi connectivity index (χ4v) is 9.90. The van der Waals surface area contributed by atoms with E-state index in [0.717, 1.165) is 6.42 Å². The van der Waals surface area contributed by atoms with E-state index in [-0.39, 0.29) is 47.6 Å². The number of halogens is 2. The van der Waals surface area contributed by atoms with Crippen molar-refractivity contribution in [1.29, 1.82) is 0 Å². The first-order valence-electron chi connectivity index (χ1n) is 13.0. The van der Waals surface area contributed by atoms with Gasteiger partial charge in [0, 0.05) is 29.8 Å². The Hall–Kier alpha value is -1.81. The molecular weight excluding hydrogens is 592 g/mol. The van der Waals surface area contributed by atoms with Crippen molar-refractivity contribution in [2.24, 2.45) is 11.8 Å². The normalized spacial score (nSPS) is 29.3. The number of ether oxygens (including phenoxy) is 1. The van der Waals surface area contributed by atoms with Crippen molar-refractivity contribution in [1.82, 2.24) is 4.90 Å². The van der Waals surface area contributed by atoms with Crippen molar-refractivity contribution >= 4 is 62.8 Å². The predicted molar refractivity (Wildman–Crippen MR) is 155 cm³/mol. The van der Waals surface area contributed by atoms with Gasteiger partial charge < -0.3 is 19.6 Å². The van der Waals surface area contributed by atoms with Gasteiger partial charge in [-0.15, -0.1) is 24.9 Å². The largest absolute Gasteiger partial charge is 0.465 e. The van der Waals surface area contributed by atoms with Gasteiger partial charge in [-0.3, -0.25) is 14.4 Å². The number of carbonyl (C=O) groups excluding carboxylic acids is 3. The van der Waals surface area contributed by atoms with E-state index in [1.807, 2.05) is 6.07 Å². The number of hydrogen-bond donors (Lipinski definition) is 1. The average molecular weight is 626 g/mol. The number of esters is 1. The van der Waals surface area contributed by atoms with Gasteiger partial charge in [0.15, 0.2) is 0 Å². The lowest BCUT2D eigenvalue weighted by atomic mass is 9.71. The molecule has 2 amide bonds. The maximum absolute atomic E-state index is 14.5. The topological polar surface area (TPSA) is 87.2 Å². The number of amides is 2. The minimum absolute atomic E-state index is 0.00259. The van der Waals surface area contributed by atoms with Gasteiger partial charge in [0.1, 0.15) is 6.04 Å². The van der Waals surface area contributed by atoms with Crippen LogP contribution in [0.1, 0.15) is 32.1 Å². The standard InChI is InChI=1S/C28H34BrClN2O5S/c1-3-5-10-16-37-27(36)21-22-25(34)32(14-8-9-15-33)24(28(22)17-18(29)23(21)38-28)26(35)31(13-4-2)20-12-7-6-11-19(20)30/h3-4,6-7,11-12,18,21-24,33H,1-2,5,8-10,13-17H2/t18?,21-,22+,23-,24?,28?/m1/s1. The van der Waals surface area contributed by atoms with Crippen LogP contribution in [0.2, 0.25) is 5.02 Å². The van der Waals surface area contributed by atoms with E-state index < -0.39 is 22.6 Å². The van der Waals surface area contributed by atoms with Crippen molar-refractivity contribution in [3.8, 4) is 0 Å². The number of benzene rings is 1. The molecule has 3 saturated heterocycles. The number of alkyl halides is 1. The lowest BCUT2D eigenvalue weighted by Crippen LogP contribution is -2.55. The summed E-state index contributed by atoms with van der Waals surface area (Å²) >= 11 is 11.8. The van der Waals surface area contributed by atoms with Crippen LogP contribution in [0.15, 0.2) is 49.6 Å². The Morgan fingerprint density at radius 2 is 2.03 bits per heavy atom. The second-order valence-corrected chi connectivity index (χ2v) is 13.0.